The molecule has 0 aliphatic carbocycles. The molecule has 0 spiro atoms. The van der Waals surface area contributed by atoms with Gasteiger partial charge in [-0.1, -0.05) is 30.7 Å². The van der Waals surface area contributed by atoms with E-state index in [2.05, 4.69) is 42.6 Å². The molecule has 0 amide bonds. The predicted molar refractivity (Wildman–Crippen MR) is 106 cm³/mol. The van der Waals surface area contributed by atoms with Crippen LogP contribution < -0.4 is 15.2 Å². The molecule has 3 rings (SSSR count). The van der Waals surface area contributed by atoms with Crippen molar-refractivity contribution in [1.29, 1.82) is 0 Å². The number of rotatable bonds is 7. The van der Waals surface area contributed by atoms with Crippen molar-refractivity contribution in [3.05, 3.63) is 53.7 Å². The summed E-state index contributed by atoms with van der Waals surface area (Å²) in [6, 6.07) is 11.9. The van der Waals surface area contributed by atoms with Crippen LogP contribution in [0.15, 0.2) is 47.5 Å². The van der Waals surface area contributed by atoms with E-state index in [9.17, 15) is 8.42 Å². The molecular formula is C20H30N4O2S+2. The molecule has 1 fully saturated rings. The molecule has 3 N–H and O–H groups in total. The SMILES string of the molecule is C[NH+](C)Cc1ccccc1CNc1ccc(S(=O)(=O)N2CCCCC2)c[nH+]1. The van der Waals surface area contributed by atoms with Crippen molar-refractivity contribution in [2.45, 2.75) is 37.2 Å². The number of benzene rings is 1. The summed E-state index contributed by atoms with van der Waals surface area (Å²) < 4.78 is 27.0. The lowest BCUT2D eigenvalue weighted by molar-refractivity contribution is -0.872. The Morgan fingerprint density at radius 2 is 1.74 bits per heavy atom. The zero-order chi connectivity index (χ0) is 19.3. The third kappa shape index (κ3) is 5.06. The van der Waals surface area contributed by atoms with Gasteiger partial charge in [-0.25, -0.2) is 13.4 Å². The Bertz CT molecular complexity index is 845. The summed E-state index contributed by atoms with van der Waals surface area (Å²) in [7, 11) is 0.882. The van der Waals surface area contributed by atoms with E-state index < -0.39 is 10.0 Å². The first-order chi connectivity index (χ1) is 13.0. The van der Waals surface area contributed by atoms with Gasteiger partial charge in [-0.15, -0.1) is 0 Å². The molecule has 1 aromatic carbocycles. The van der Waals surface area contributed by atoms with Crippen LogP contribution in [0.25, 0.3) is 0 Å². The van der Waals surface area contributed by atoms with E-state index in [1.54, 1.807) is 22.6 Å². The maximum atomic E-state index is 12.7. The zero-order valence-corrected chi connectivity index (χ0v) is 17.0. The minimum atomic E-state index is -3.39. The molecule has 0 saturated carbocycles. The van der Waals surface area contributed by atoms with E-state index in [-0.39, 0.29) is 0 Å². The van der Waals surface area contributed by atoms with Crippen molar-refractivity contribution < 1.29 is 18.3 Å². The molecular weight excluding hydrogens is 360 g/mol. The monoisotopic (exact) mass is 390 g/mol. The van der Waals surface area contributed by atoms with Crippen LogP contribution >= 0.6 is 0 Å². The largest absolute Gasteiger partial charge is 0.336 e. The quantitative estimate of drug-likeness (QED) is 0.739. The number of nitrogens with one attached hydrogen (secondary N) is 3. The Morgan fingerprint density at radius 1 is 1.04 bits per heavy atom. The lowest BCUT2D eigenvalue weighted by Gasteiger charge is -2.25. The number of pyridine rings is 1. The number of hydrogen-bond donors (Lipinski definition) is 2. The molecule has 0 atom stereocenters. The Balaban J connectivity index is 1.66. The molecule has 0 radical (unpaired) electrons. The van der Waals surface area contributed by atoms with Crippen molar-refractivity contribution >= 4 is 15.8 Å². The Labute approximate surface area is 162 Å². The van der Waals surface area contributed by atoms with Gasteiger partial charge in [-0.2, -0.15) is 4.31 Å². The van der Waals surface area contributed by atoms with Crippen LogP contribution in [-0.2, 0) is 23.1 Å². The molecule has 27 heavy (non-hydrogen) atoms. The molecule has 7 heteroatoms. The average molecular weight is 391 g/mol. The van der Waals surface area contributed by atoms with Crippen LogP contribution in [0.1, 0.15) is 30.4 Å². The van der Waals surface area contributed by atoms with Crippen LogP contribution in [0.3, 0.4) is 0 Å². The van der Waals surface area contributed by atoms with Crippen molar-refractivity contribution in [2.24, 2.45) is 0 Å². The summed E-state index contributed by atoms with van der Waals surface area (Å²) in [6.45, 7) is 2.90. The first-order valence-electron chi connectivity index (χ1n) is 9.58. The van der Waals surface area contributed by atoms with Gasteiger partial charge in [0, 0.05) is 30.3 Å². The van der Waals surface area contributed by atoms with Crippen LogP contribution in [0.2, 0.25) is 0 Å². The Hall–Kier alpha value is -1.96. The Morgan fingerprint density at radius 3 is 2.37 bits per heavy atom. The number of sulfonamides is 1. The highest BCUT2D eigenvalue weighted by Gasteiger charge is 2.26. The number of hydrogen-bond acceptors (Lipinski definition) is 3. The van der Waals surface area contributed by atoms with Crippen molar-refractivity contribution in [2.75, 3.05) is 32.5 Å². The number of quaternary nitrogens is 1. The zero-order valence-electron chi connectivity index (χ0n) is 16.2. The summed E-state index contributed by atoms with van der Waals surface area (Å²) >= 11 is 0. The molecule has 1 aliphatic heterocycles. The number of piperidine rings is 1. The van der Waals surface area contributed by atoms with Crippen LogP contribution in [0, 0.1) is 0 Å². The maximum absolute atomic E-state index is 12.7. The van der Waals surface area contributed by atoms with Gasteiger partial charge in [0.2, 0.25) is 10.0 Å². The summed E-state index contributed by atoms with van der Waals surface area (Å²) in [5, 5.41) is 3.36. The smallest absolute Gasteiger partial charge is 0.272 e. The standard InChI is InChI=1S/C20H28N4O2S/c1-23(2)16-18-9-5-4-8-17(18)14-21-20-11-10-19(15-22-20)27(25,26)24-12-6-3-7-13-24/h4-5,8-11,15H,3,6-7,12-14,16H2,1-2H3,(H,21,22)/p+2. The molecule has 1 saturated heterocycles. The van der Waals surface area contributed by atoms with Gasteiger partial charge in [-0.3, -0.25) is 5.32 Å². The molecule has 6 nitrogen and oxygen atoms in total. The van der Waals surface area contributed by atoms with E-state index in [1.165, 1.54) is 16.0 Å². The van der Waals surface area contributed by atoms with Crippen LogP contribution in [0.5, 0.6) is 0 Å². The number of H-pyrrole nitrogens is 1. The van der Waals surface area contributed by atoms with E-state index >= 15 is 0 Å². The number of anilines is 1. The summed E-state index contributed by atoms with van der Waals surface area (Å²) in [6.07, 6.45) is 4.58. The van der Waals surface area contributed by atoms with Gasteiger partial charge in [0.25, 0.3) is 5.82 Å². The fourth-order valence-electron chi connectivity index (χ4n) is 3.41. The first kappa shape index (κ1) is 19.8. The molecule has 1 aromatic heterocycles. The van der Waals surface area contributed by atoms with E-state index in [4.69, 9.17) is 0 Å². The minimum absolute atomic E-state index is 0.326. The number of aromatic amines is 1. The third-order valence-electron chi connectivity index (χ3n) is 4.87. The molecule has 1 aliphatic rings. The molecule has 2 aromatic rings. The maximum Gasteiger partial charge on any atom is 0.272 e. The lowest BCUT2D eigenvalue weighted by Crippen LogP contribution is -3.04. The highest BCUT2D eigenvalue weighted by atomic mass is 32.2. The second-order valence-corrected chi connectivity index (χ2v) is 9.35. The lowest BCUT2D eigenvalue weighted by atomic mass is 10.1. The molecule has 0 bridgehead atoms. The van der Waals surface area contributed by atoms with Crippen molar-refractivity contribution in [3.63, 3.8) is 0 Å². The minimum Gasteiger partial charge on any atom is -0.336 e. The number of nitrogens with zero attached hydrogens (tertiary/aromatic N) is 1. The topological polar surface area (TPSA) is 68.0 Å². The fourth-order valence-corrected chi connectivity index (χ4v) is 4.89. The van der Waals surface area contributed by atoms with E-state index in [0.29, 0.717) is 24.5 Å². The van der Waals surface area contributed by atoms with Crippen LogP contribution in [0.4, 0.5) is 5.82 Å². The normalized spacial score (nSPS) is 15.8. The molecule has 2 heterocycles. The molecule has 0 unspecified atom stereocenters. The van der Waals surface area contributed by atoms with Gasteiger partial charge < -0.3 is 4.90 Å². The second kappa shape index (κ2) is 8.82. The third-order valence-corrected chi connectivity index (χ3v) is 6.76. The number of aromatic nitrogens is 1. The highest BCUT2D eigenvalue weighted by Crippen LogP contribution is 2.20. The first-order valence-corrected chi connectivity index (χ1v) is 11.0. The van der Waals surface area contributed by atoms with E-state index in [0.717, 1.165) is 31.6 Å². The fraction of sp³-hybridized carbons (Fsp3) is 0.450. The summed E-state index contributed by atoms with van der Waals surface area (Å²) in [5.41, 5.74) is 2.56. The van der Waals surface area contributed by atoms with E-state index in [1.807, 2.05) is 6.07 Å². The second-order valence-electron chi connectivity index (χ2n) is 7.41. The highest BCUT2D eigenvalue weighted by molar-refractivity contribution is 7.89. The Kier molecular flexibility index (Phi) is 6.46. The molecule has 146 valence electrons. The van der Waals surface area contributed by atoms with Gasteiger partial charge >= 0.3 is 0 Å². The predicted octanol–water partition coefficient (Wildman–Crippen LogP) is 0.932. The summed E-state index contributed by atoms with van der Waals surface area (Å²) in [4.78, 5) is 4.79. The van der Waals surface area contributed by atoms with Gasteiger partial charge in [-0.05, 0) is 18.9 Å². The van der Waals surface area contributed by atoms with Gasteiger partial charge in [0.1, 0.15) is 24.2 Å². The van der Waals surface area contributed by atoms with Gasteiger partial charge in [0.15, 0.2) is 0 Å². The van der Waals surface area contributed by atoms with Crippen molar-refractivity contribution in [3.8, 4) is 0 Å². The van der Waals surface area contributed by atoms with Crippen molar-refractivity contribution in [1.82, 2.24) is 4.31 Å². The van der Waals surface area contributed by atoms with Crippen LogP contribution in [-0.4, -0.2) is 39.9 Å². The van der Waals surface area contributed by atoms with Gasteiger partial charge in [0.05, 0.1) is 14.1 Å². The summed E-state index contributed by atoms with van der Waals surface area (Å²) in [5.74, 6) is 0.805. The average Bonchev–Trinajstić information content (AvgIpc) is 2.68.